The van der Waals surface area contributed by atoms with Crippen molar-refractivity contribution in [2.75, 3.05) is 31.2 Å². The highest BCUT2D eigenvalue weighted by molar-refractivity contribution is 6.74. The third-order valence-corrected chi connectivity index (χ3v) is 18.8. The predicted octanol–water partition coefficient (Wildman–Crippen LogP) is 9.66. The molecule has 4 rings (SSSR count). The van der Waals surface area contributed by atoms with Crippen LogP contribution < -0.4 is 4.90 Å². The second-order valence-corrected chi connectivity index (χ2v) is 24.8. The Hall–Kier alpha value is -3.20. The van der Waals surface area contributed by atoms with Gasteiger partial charge in [-0.05, 0) is 66.6 Å². The van der Waals surface area contributed by atoms with Crippen molar-refractivity contribution >= 4 is 39.1 Å². The smallest absolute Gasteiger partial charge is 0.415 e. The fourth-order valence-electron chi connectivity index (χ4n) is 4.69. The first-order valence-electron chi connectivity index (χ1n) is 16.0. The zero-order chi connectivity index (χ0) is 35.0. The summed E-state index contributed by atoms with van der Waals surface area (Å²) in [6.45, 7) is 25.0. The van der Waals surface area contributed by atoms with Crippen LogP contribution in [0.4, 0.5) is 18.9 Å². The molecule has 0 aliphatic carbocycles. The Labute approximate surface area is 278 Å². The minimum Gasteiger partial charge on any atom is -0.415 e. The molecule has 0 aliphatic rings. The first kappa shape index (κ1) is 36.6. The van der Waals surface area contributed by atoms with Crippen LogP contribution in [-0.4, -0.2) is 63.7 Å². The maximum Gasteiger partial charge on any atom is 0.417 e. The molecule has 2 aromatic carbocycles. The number of carbonyl (C=O) groups excluding carboxylic acids is 1. The van der Waals surface area contributed by atoms with Crippen molar-refractivity contribution in [2.24, 2.45) is 0 Å². The van der Waals surface area contributed by atoms with Gasteiger partial charge in [0.15, 0.2) is 28.2 Å². The lowest BCUT2D eigenvalue weighted by molar-refractivity contribution is -0.137. The van der Waals surface area contributed by atoms with Crippen LogP contribution in [0.1, 0.15) is 63.0 Å². The number of nitrogens with zero attached hydrogens (tertiary/aromatic N) is 2. The average molecular weight is 687 g/mol. The van der Waals surface area contributed by atoms with E-state index in [9.17, 15) is 18.0 Å². The van der Waals surface area contributed by atoms with Crippen molar-refractivity contribution in [1.82, 2.24) is 15.0 Å². The van der Waals surface area contributed by atoms with Gasteiger partial charge in [-0.15, -0.1) is 0 Å². The van der Waals surface area contributed by atoms with E-state index >= 15 is 0 Å². The summed E-state index contributed by atoms with van der Waals surface area (Å²) in [5.74, 6) is -0.233. The molecular formula is C35H49F3N4O3Si2. The third kappa shape index (κ3) is 8.46. The fraction of sp³-hybridized carbons (Fsp3) is 0.486. The van der Waals surface area contributed by atoms with Crippen molar-refractivity contribution in [1.29, 1.82) is 0 Å². The van der Waals surface area contributed by atoms with E-state index in [0.29, 0.717) is 37.8 Å². The Morgan fingerprint density at radius 2 is 1.43 bits per heavy atom. The third-order valence-electron chi connectivity index (χ3n) is 9.77. The Kier molecular flexibility index (Phi) is 10.4. The molecule has 0 amide bonds. The molecule has 4 aromatic rings. The van der Waals surface area contributed by atoms with Crippen molar-refractivity contribution in [3.63, 3.8) is 0 Å². The number of fused-ring (bicyclic) bond motifs is 1. The maximum absolute atomic E-state index is 13.5. The number of nitrogens with one attached hydrogen (secondary N) is 2. The van der Waals surface area contributed by atoms with Crippen molar-refractivity contribution in [3.05, 3.63) is 71.4 Å². The lowest BCUT2D eigenvalue weighted by Gasteiger charge is -2.38. The zero-order valence-corrected chi connectivity index (χ0v) is 31.3. The summed E-state index contributed by atoms with van der Waals surface area (Å²) in [5, 5.41) is 0.219. The SMILES string of the molecule is CC(C)(C)[Si](C)(C)OCCN(CCO[Si](C)(C)C(C)(C)C)c1ccc2nc(-c3cc(C(=O)c4ccccc4C(F)(F)F)c[nH]3)[nH]c2c1. The number of hydrogen-bond acceptors (Lipinski definition) is 5. The summed E-state index contributed by atoms with van der Waals surface area (Å²) in [7, 11) is -3.85. The van der Waals surface area contributed by atoms with Gasteiger partial charge in [0.05, 0.1) is 35.5 Å². The van der Waals surface area contributed by atoms with E-state index in [1.54, 1.807) is 0 Å². The number of H-pyrrole nitrogens is 2. The first-order valence-corrected chi connectivity index (χ1v) is 21.8. The van der Waals surface area contributed by atoms with Crippen LogP contribution in [0.5, 0.6) is 0 Å². The molecule has 0 saturated heterocycles. The topological polar surface area (TPSA) is 83.2 Å². The molecule has 47 heavy (non-hydrogen) atoms. The predicted molar refractivity (Wildman–Crippen MR) is 189 cm³/mol. The molecule has 0 fully saturated rings. The molecule has 0 unspecified atom stereocenters. The second-order valence-electron chi connectivity index (χ2n) is 15.2. The molecule has 2 aromatic heterocycles. The number of anilines is 1. The minimum absolute atomic E-state index is 0.110. The van der Waals surface area contributed by atoms with E-state index in [1.807, 2.05) is 18.2 Å². The van der Waals surface area contributed by atoms with E-state index in [-0.39, 0.29) is 15.6 Å². The Morgan fingerprint density at radius 3 is 1.98 bits per heavy atom. The average Bonchev–Trinajstić information content (AvgIpc) is 3.61. The van der Waals surface area contributed by atoms with Gasteiger partial charge in [-0.2, -0.15) is 13.2 Å². The van der Waals surface area contributed by atoms with Gasteiger partial charge in [0.25, 0.3) is 0 Å². The van der Waals surface area contributed by atoms with Gasteiger partial charge in [-0.1, -0.05) is 59.7 Å². The van der Waals surface area contributed by atoms with Gasteiger partial charge in [0, 0.05) is 36.1 Å². The van der Waals surface area contributed by atoms with Crippen molar-refractivity contribution < 1.29 is 26.8 Å². The zero-order valence-electron chi connectivity index (χ0n) is 29.3. The molecule has 12 heteroatoms. The van der Waals surface area contributed by atoms with Crippen LogP contribution in [0.25, 0.3) is 22.6 Å². The molecule has 0 atom stereocenters. The first-order chi connectivity index (χ1) is 21.6. The van der Waals surface area contributed by atoms with Gasteiger partial charge in [0.1, 0.15) is 0 Å². The second kappa shape index (κ2) is 13.4. The van der Waals surface area contributed by atoms with E-state index in [4.69, 9.17) is 13.8 Å². The number of rotatable bonds is 12. The largest absolute Gasteiger partial charge is 0.417 e. The molecule has 0 aliphatic heterocycles. The summed E-state index contributed by atoms with van der Waals surface area (Å²) in [4.78, 5) is 26.4. The summed E-state index contributed by atoms with van der Waals surface area (Å²) >= 11 is 0. The van der Waals surface area contributed by atoms with Crippen LogP contribution in [-0.2, 0) is 15.0 Å². The Bertz CT molecular complexity index is 1670. The minimum atomic E-state index is -4.64. The van der Waals surface area contributed by atoms with Crippen LogP contribution in [0.2, 0.25) is 36.3 Å². The highest BCUT2D eigenvalue weighted by atomic mass is 28.4. The monoisotopic (exact) mass is 686 g/mol. The molecule has 0 spiro atoms. The number of hydrogen-bond donors (Lipinski definition) is 2. The molecule has 256 valence electrons. The standard InChI is InChI=1S/C35H49F3N4O3Si2/c1-33(2,3)46(7,8)44-19-17-42(18-20-45-47(9,10)34(4,5)6)25-15-16-28-29(22-25)41-32(40-28)30-21-24(23-39-30)31(43)26-13-11-12-14-27(26)35(36,37)38/h11-16,21-23,39H,17-20H2,1-10H3,(H,40,41). The van der Waals surface area contributed by atoms with Crippen molar-refractivity contribution in [3.8, 4) is 11.5 Å². The van der Waals surface area contributed by atoms with E-state index in [0.717, 1.165) is 22.8 Å². The van der Waals surface area contributed by atoms with Gasteiger partial charge >= 0.3 is 6.18 Å². The number of carbonyl (C=O) groups is 1. The van der Waals surface area contributed by atoms with E-state index < -0.39 is 39.7 Å². The quantitative estimate of drug-likeness (QED) is 0.115. The van der Waals surface area contributed by atoms with Gasteiger partial charge < -0.3 is 23.7 Å². The molecule has 2 heterocycles. The van der Waals surface area contributed by atoms with Crippen LogP contribution in [0, 0.1) is 0 Å². The fourth-order valence-corrected chi connectivity index (χ4v) is 6.76. The Balaban J connectivity index is 1.57. The van der Waals surface area contributed by atoms with Crippen LogP contribution in [0.3, 0.4) is 0 Å². The number of alkyl halides is 3. The normalized spacial score (nSPS) is 13.4. The molecule has 7 nitrogen and oxygen atoms in total. The molecule has 2 N–H and O–H groups in total. The highest BCUT2D eigenvalue weighted by Crippen LogP contribution is 2.38. The number of aromatic nitrogens is 3. The number of aromatic amines is 2. The van der Waals surface area contributed by atoms with Gasteiger partial charge in [-0.25, -0.2) is 4.98 Å². The summed E-state index contributed by atoms with van der Waals surface area (Å²) in [6, 6.07) is 12.3. The molecule has 0 radical (unpaired) electrons. The molecule has 0 saturated carbocycles. The lowest BCUT2D eigenvalue weighted by Crippen LogP contribution is -2.44. The number of halogens is 3. The van der Waals surface area contributed by atoms with E-state index in [1.165, 1.54) is 30.5 Å². The van der Waals surface area contributed by atoms with Crippen LogP contribution in [0.15, 0.2) is 54.7 Å². The van der Waals surface area contributed by atoms with Crippen LogP contribution >= 0.6 is 0 Å². The number of ketones is 1. The Morgan fingerprint density at radius 1 is 0.851 bits per heavy atom. The number of benzene rings is 2. The van der Waals surface area contributed by atoms with Crippen molar-refractivity contribution in [2.45, 2.75) is 84.0 Å². The molecular weight excluding hydrogens is 638 g/mol. The van der Waals surface area contributed by atoms with E-state index in [2.05, 4.69) is 82.6 Å². The summed E-state index contributed by atoms with van der Waals surface area (Å²) in [6.07, 6.45) is -3.22. The van der Waals surface area contributed by atoms with Gasteiger partial charge in [0.2, 0.25) is 0 Å². The highest BCUT2D eigenvalue weighted by Gasteiger charge is 2.38. The lowest BCUT2D eigenvalue weighted by atomic mass is 9.99. The van der Waals surface area contributed by atoms with Gasteiger partial charge in [-0.3, -0.25) is 4.79 Å². The summed E-state index contributed by atoms with van der Waals surface area (Å²) in [5.41, 5.74) is 1.78. The number of imidazole rings is 1. The maximum atomic E-state index is 13.5. The summed E-state index contributed by atoms with van der Waals surface area (Å²) < 4.78 is 53.7. The molecule has 0 bridgehead atoms.